The molecule has 6 nitrogen and oxygen atoms in total. The van der Waals surface area contributed by atoms with Crippen LogP contribution in [0.2, 0.25) is 5.02 Å². The van der Waals surface area contributed by atoms with Crippen molar-refractivity contribution in [1.82, 2.24) is 14.9 Å². The molecule has 8 heteroatoms. The van der Waals surface area contributed by atoms with Gasteiger partial charge < -0.3 is 20.5 Å². The Labute approximate surface area is 208 Å². The van der Waals surface area contributed by atoms with Crippen LogP contribution in [0.25, 0.3) is 11.0 Å². The summed E-state index contributed by atoms with van der Waals surface area (Å²) in [6, 6.07) is 19.5. The molecule has 2 heterocycles. The fourth-order valence-electron chi connectivity index (χ4n) is 4.50. The average Bonchev–Trinajstić information content (AvgIpc) is 3.22. The molecule has 0 radical (unpaired) electrons. The highest BCUT2D eigenvalue weighted by molar-refractivity contribution is 6.30. The molecule has 5 rings (SSSR count). The molecule has 0 saturated carbocycles. The van der Waals surface area contributed by atoms with Crippen LogP contribution in [-0.4, -0.2) is 34.6 Å². The third-order valence-electron chi connectivity index (χ3n) is 6.35. The number of amides is 1. The van der Waals surface area contributed by atoms with E-state index in [9.17, 15) is 9.18 Å². The van der Waals surface area contributed by atoms with Gasteiger partial charge in [-0.05, 0) is 66.4 Å². The van der Waals surface area contributed by atoms with Crippen molar-refractivity contribution < 1.29 is 9.18 Å². The quantitative estimate of drug-likeness (QED) is 0.408. The first-order chi connectivity index (χ1) is 17.0. The predicted octanol–water partition coefficient (Wildman–Crippen LogP) is 4.73. The molecule has 0 aliphatic carbocycles. The van der Waals surface area contributed by atoms with Gasteiger partial charge in [0.25, 0.3) is 5.91 Å². The molecule has 3 aromatic carbocycles. The highest BCUT2D eigenvalue weighted by atomic mass is 35.5. The van der Waals surface area contributed by atoms with E-state index in [1.54, 1.807) is 30.3 Å². The topological polar surface area (TPSA) is 76.2 Å². The predicted molar refractivity (Wildman–Crippen MR) is 137 cm³/mol. The number of nitrogens with one attached hydrogen (secondary N) is 1. The van der Waals surface area contributed by atoms with Gasteiger partial charge in [0.05, 0.1) is 17.6 Å². The number of aromatic nitrogens is 2. The second kappa shape index (κ2) is 10.1. The van der Waals surface area contributed by atoms with Crippen LogP contribution >= 0.6 is 11.6 Å². The van der Waals surface area contributed by atoms with Crippen molar-refractivity contribution >= 4 is 34.5 Å². The summed E-state index contributed by atoms with van der Waals surface area (Å²) >= 11 is 5.95. The molecule has 1 aliphatic heterocycles. The minimum atomic E-state index is -0.272. The number of carbonyl (C=O) groups is 1. The summed E-state index contributed by atoms with van der Waals surface area (Å²) in [5.74, 6) is 0.377. The summed E-state index contributed by atoms with van der Waals surface area (Å²) < 4.78 is 15.6. The molecular formula is C27H27ClFN5O. The van der Waals surface area contributed by atoms with Gasteiger partial charge in [-0.2, -0.15) is 0 Å². The lowest BCUT2D eigenvalue weighted by atomic mass is 10.1. The second-order valence-electron chi connectivity index (χ2n) is 8.99. The van der Waals surface area contributed by atoms with Gasteiger partial charge in [0.15, 0.2) is 0 Å². The van der Waals surface area contributed by atoms with Gasteiger partial charge >= 0.3 is 0 Å². The number of anilines is 1. The average molecular weight is 492 g/mol. The molecule has 1 fully saturated rings. The van der Waals surface area contributed by atoms with Crippen molar-refractivity contribution in [3.63, 3.8) is 0 Å². The molecule has 1 amide bonds. The van der Waals surface area contributed by atoms with Gasteiger partial charge in [-0.1, -0.05) is 35.9 Å². The zero-order valence-electron chi connectivity index (χ0n) is 19.3. The Kier molecular flexibility index (Phi) is 6.70. The van der Waals surface area contributed by atoms with Crippen LogP contribution < -0.4 is 16.0 Å². The molecule has 0 bridgehead atoms. The second-order valence-corrected chi connectivity index (χ2v) is 9.42. The van der Waals surface area contributed by atoms with Gasteiger partial charge in [-0.25, -0.2) is 9.37 Å². The van der Waals surface area contributed by atoms with Crippen molar-refractivity contribution in [1.29, 1.82) is 0 Å². The Morgan fingerprint density at radius 1 is 1.09 bits per heavy atom. The minimum Gasteiger partial charge on any atom is -0.348 e. The molecule has 4 aromatic rings. The SMILES string of the molecule is N[C@@H]1CCCN(c2nc3ccc(C(=O)NCc4ccc(Cl)cc4)cc3n2Cc2ccc(F)cc2)C1. The minimum absolute atomic E-state index is 0.0945. The number of halogens is 2. The van der Waals surface area contributed by atoms with E-state index in [1.807, 2.05) is 24.3 Å². The first-order valence-electron chi connectivity index (χ1n) is 11.7. The number of carbonyl (C=O) groups excluding carboxylic acids is 1. The zero-order chi connectivity index (χ0) is 24.4. The number of rotatable bonds is 6. The smallest absolute Gasteiger partial charge is 0.251 e. The van der Waals surface area contributed by atoms with Crippen LogP contribution in [0.3, 0.4) is 0 Å². The Morgan fingerprint density at radius 2 is 1.83 bits per heavy atom. The Bertz CT molecular complexity index is 1340. The molecule has 180 valence electrons. The number of hydrogen-bond donors (Lipinski definition) is 2. The van der Waals surface area contributed by atoms with E-state index >= 15 is 0 Å². The number of imidazole rings is 1. The molecule has 1 atom stereocenters. The number of fused-ring (bicyclic) bond motifs is 1. The standard InChI is InChI=1S/C27H27ClFN5O/c28-21-8-3-18(4-9-21)15-31-26(35)20-7-12-24-25(14-20)34(16-19-5-10-22(29)11-6-19)27(32-24)33-13-1-2-23(30)17-33/h3-12,14,23H,1-2,13,15-17,30H2,(H,31,35)/t23-/m1/s1. The van der Waals surface area contributed by atoms with Crippen LogP contribution in [0.15, 0.2) is 66.7 Å². The number of nitrogens with two attached hydrogens (primary N) is 1. The molecule has 3 N–H and O–H groups in total. The van der Waals surface area contributed by atoms with Crippen molar-refractivity contribution in [2.24, 2.45) is 5.73 Å². The molecule has 0 unspecified atom stereocenters. The number of benzene rings is 3. The lowest BCUT2D eigenvalue weighted by molar-refractivity contribution is 0.0951. The summed E-state index contributed by atoms with van der Waals surface area (Å²) in [5.41, 5.74) is 10.4. The molecule has 0 spiro atoms. The van der Waals surface area contributed by atoms with Crippen LogP contribution in [0, 0.1) is 5.82 Å². The van der Waals surface area contributed by atoms with E-state index in [0.29, 0.717) is 23.7 Å². The van der Waals surface area contributed by atoms with Gasteiger partial charge in [0.1, 0.15) is 5.82 Å². The first-order valence-corrected chi connectivity index (χ1v) is 12.1. The van der Waals surface area contributed by atoms with Crippen LogP contribution in [0.4, 0.5) is 10.3 Å². The molecule has 1 aromatic heterocycles. The van der Waals surface area contributed by atoms with Crippen LogP contribution in [-0.2, 0) is 13.1 Å². The number of nitrogens with zero attached hydrogens (tertiary/aromatic N) is 3. The van der Waals surface area contributed by atoms with Crippen LogP contribution in [0.1, 0.15) is 34.3 Å². The van der Waals surface area contributed by atoms with Crippen molar-refractivity contribution in [3.05, 3.63) is 94.3 Å². The van der Waals surface area contributed by atoms with Gasteiger partial charge in [0.2, 0.25) is 5.95 Å². The lowest BCUT2D eigenvalue weighted by Crippen LogP contribution is -2.44. The van der Waals surface area contributed by atoms with E-state index in [2.05, 4.69) is 14.8 Å². The lowest BCUT2D eigenvalue weighted by Gasteiger charge is -2.32. The van der Waals surface area contributed by atoms with E-state index in [1.165, 1.54) is 12.1 Å². The van der Waals surface area contributed by atoms with Crippen molar-refractivity contribution in [2.75, 3.05) is 18.0 Å². The highest BCUT2D eigenvalue weighted by Gasteiger charge is 2.23. The fraction of sp³-hybridized carbons (Fsp3) is 0.259. The Morgan fingerprint density at radius 3 is 2.57 bits per heavy atom. The normalized spacial score (nSPS) is 16.0. The van der Waals surface area contributed by atoms with Crippen LogP contribution in [0.5, 0.6) is 0 Å². The Hall–Kier alpha value is -3.42. The summed E-state index contributed by atoms with van der Waals surface area (Å²) in [5, 5.41) is 3.63. The van der Waals surface area contributed by atoms with E-state index < -0.39 is 0 Å². The third kappa shape index (κ3) is 5.31. The van der Waals surface area contributed by atoms with Crippen molar-refractivity contribution in [3.8, 4) is 0 Å². The summed E-state index contributed by atoms with van der Waals surface area (Å²) in [7, 11) is 0. The van der Waals surface area contributed by atoms with E-state index in [4.69, 9.17) is 22.3 Å². The summed E-state index contributed by atoms with van der Waals surface area (Å²) in [4.78, 5) is 20.1. The monoisotopic (exact) mass is 491 g/mol. The third-order valence-corrected chi connectivity index (χ3v) is 6.60. The first kappa shape index (κ1) is 23.3. The molecule has 1 aliphatic rings. The van der Waals surface area contributed by atoms with Crippen molar-refractivity contribution in [2.45, 2.75) is 32.0 Å². The summed E-state index contributed by atoms with van der Waals surface area (Å²) in [6.45, 7) is 2.50. The fourth-order valence-corrected chi connectivity index (χ4v) is 4.63. The summed E-state index contributed by atoms with van der Waals surface area (Å²) in [6.07, 6.45) is 1.99. The van der Waals surface area contributed by atoms with E-state index in [0.717, 1.165) is 54.0 Å². The van der Waals surface area contributed by atoms with E-state index in [-0.39, 0.29) is 17.8 Å². The highest BCUT2D eigenvalue weighted by Crippen LogP contribution is 2.27. The molecule has 35 heavy (non-hydrogen) atoms. The maximum absolute atomic E-state index is 13.5. The number of hydrogen-bond acceptors (Lipinski definition) is 4. The molecular weight excluding hydrogens is 465 g/mol. The molecule has 1 saturated heterocycles. The van der Waals surface area contributed by atoms with Gasteiger partial charge in [-0.15, -0.1) is 0 Å². The maximum atomic E-state index is 13.5. The zero-order valence-corrected chi connectivity index (χ0v) is 20.0. The Balaban J connectivity index is 1.46. The number of piperidine rings is 1. The van der Waals surface area contributed by atoms with Gasteiger partial charge in [-0.3, -0.25) is 4.79 Å². The maximum Gasteiger partial charge on any atom is 0.251 e. The van der Waals surface area contributed by atoms with Gasteiger partial charge in [0, 0.05) is 36.3 Å². The largest absolute Gasteiger partial charge is 0.348 e.